The minimum Gasteiger partial charge on any atom is -0.444 e. The number of anilines is 2. The Labute approximate surface area is 176 Å². The molecule has 0 spiro atoms. The van der Waals surface area contributed by atoms with Crippen LogP contribution >= 0.6 is 0 Å². The topological polar surface area (TPSA) is 102 Å². The second kappa shape index (κ2) is 8.67. The van der Waals surface area contributed by atoms with Crippen LogP contribution in [0.1, 0.15) is 46.5 Å². The van der Waals surface area contributed by atoms with Gasteiger partial charge >= 0.3 is 6.09 Å². The van der Waals surface area contributed by atoms with E-state index in [1.807, 2.05) is 26.8 Å². The second-order valence-electron chi connectivity index (χ2n) is 9.06. The minimum absolute atomic E-state index is 0.145. The summed E-state index contributed by atoms with van der Waals surface area (Å²) >= 11 is 0. The molecule has 0 unspecified atom stereocenters. The van der Waals surface area contributed by atoms with Crippen LogP contribution < -0.4 is 15.5 Å². The number of benzene rings is 1. The zero-order valence-electron chi connectivity index (χ0n) is 17.9. The van der Waals surface area contributed by atoms with Crippen LogP contribution in [0.3, 0.4) is 0 Å². The van der Waals surface area contributed by atoms with Gasteiger partial charge in [0, 0.05) is 30.9 Å². The van der Waals surface area contributed by atoms with Gasteiger partial charge in [-0.05, 0) is 68.9 Å². The Morgan fingerprint density at radius 1 is 1.10 bits per heavy atom. The number of ether oxygens (including phenoxy) is 2. The van der Waals surface area contributed by atoms with E-state index in [9.17, 15) is 4.79 Å². The fourth-order valence-corrected chi connectivity index (χ4v) is 4.07. The molecule has 2 N–H and O–H groups in total. The van der Waals surface area contributed by atoms with E-state index in [0.717, 1.165) is 74.4 Å². The van der Waals surface area contributed by atoms with Crippen LogP contribution in [0, 0.1) is 0 Å². The van der Waals surface area contributed by atoms with Crippen LogP contribution in [0.25, 0.3) is 11.0 Å². The molecule has 2 fully saturated rings. The summed E-state index contributed by atoms with van der Waals surface area (Å²) in [6, 6.07) is 4.60. The first-order valence-electron chi connectivity index (χ1n) is 10.7. The number of amides is 1. The molecule has 1 aromatic carbocycles. The summed E-state index contributed by atoms with van der Waals surface area (Å²) in [5.41, 5.74) is 3.07. The first-order valence-corrected chi connectivity index (χ1v) is 10.7. The number of alkyl carbamates (subject to hydrolysis) is 1. The Bertz CT molecular complexity index is 864. The molecule has 1 saturated heterocycles. The molecule has 2 aromatic rings. The van der Waals surface area contributed by atoms with Crippen molar-refractivity contribution in [3.8, 4) is 0 Å². The quantitative estimate of drug-likeness (QED) is 0.781. The molecule has 0 radical (unpaired) electrons. The van der Waals surface area contributed by atoms with Crippen molar-refractivity contribution in [2.24, 2.45) is 0 Å². The third kappa shape index (κ3) is 5.13. The van der Waals surface area contributed by atoms with E-state index >= 15 is 0 Å². The highest BCUT2D eigenvalue weighted by atomic mass is 16.6. The summed E-state index contributed by atoms with van der Waals surface area (Å²) in [5, 5.41) is 14.8. The van der Waals surface area contributed by atoms with E-state index in [4.69, 9.17) is 14.1 Å². The summed E-state index contributed by atoms with van der Waals surface area (Å²) in [4.78, 5) is 14.3. The highest BCUT2D eigenvalue weighted by Crippen LogP contribution is 2.31. The van der Waals surface area contributed by atoms with Crippen LogP contribution in [-0.4, -0.2) is 60.4 Å². The number of morpholine rings is 1. The first kappa shape index (κ1) is 20.7. The number of rotatable bonds is 4. The first-order chi connectivity index (χ1) is 14.4. The lowest BCUT2D eigenvalue weighted by molar-refractivity contribution is 0.0492. The summed E-state index contributed by atoms with van der Waals surface area (Å²) < 4.78 is 15.8. The number of nitrogens with zero attached hydrogens (tertiary/aromatic N) is 3. The predicted molar refractivity (Wildman–Crippen MR) is 114 cm³/mol. The Balaban J connectivity index is 1.38. The molecule has 164 valence electrons. The molecule has 1 aromatic heterocycles. The standard InChI is InChI=1S/C21H31N5O4/c1-21(2,3)29-20(27)23-15-6-4-14(5-7-15)22-17-12-16(26-8-10-28-11-9-26)13-18-19(17)25-30-24-18/h12-15,22H,4-11H2,1-3H3,(H,23,27). The van der Waals surface area contributed by atoms with Gasteiger partial charge in [-0.3, -0.25) is 0 Å². The molecule has 1 saturated carbocycles. The molecule has 0 bridgehead atoms. The summed E-state index contributed by atoms with van der Waals surface area (Å²) in [6.07, 6.45) is 3.37. The lowest BCUT2D eigenvalue weighted by Gasteiger charge is -2.32. The molecule has 0 atom stereocenters. The van der Waals surface area contributed by atoms with Crippen LogP contribution in [0.15, 0.2) is 16.8 Å². The largest absolute Gasteiger partial charge is 0.444 e. The van der Waals surface area contributed by atoms with E-state index in [-0.39, 0.29) is 12.1 Å². The lowest BCUT2D eigenvalue weighted by Crippen LogP contribution is -2.42. The molecule has 9 nitrogen and oxygen atoms in total. The van der Waals surface area contributed by atoms with Gasteiger partial charge in [0.2, 0.25) is 0 Å². The fraction of sp³-hybridized carbons (Fsp3) is 0.667. The molecular formula is C21H31N5O4. The molecular weight excluding hydrogens is 386 g/mol. The summed E-state index contributed by atoms with van der Waals surface area (Å²) in [5.74, 6) is 0. The summed E-state index contributed by atoms with van der Waals surface area (Å²) in [7, 11) is 0. The highest BCUT2D eigenvalue weighted by molar-refractivity contribution is 5.91. The zero-order chi connectivity index (χ0) is 21.1. The van der Waals surface area contributed by atoms with Gasteiger partial charge in [0.1, 0.15) is 11.1 Å². The van der Waals surface area contributed by atoms with Crippen molar-refractivity contribution in [2.75, 3.05) is 36.5 Å². The van der Waals surface area contributed by atoms with E-state index in [2.05, 4.69) is 31.9 Å². The average Bonchev–Trinajstić information content (AvgIpc) is 3.18. The second-order valence-corrected chi connectivity index (χ2v) is 9.06. The molecule has 30 heavy (non-hydrogen) atoms. The molecule has 2 aliphatic rings. The smallest absolute Gasteiger partial charge is 0.407 e. The Hall–Kier alpha value is -2.55. The van der Waals surface area contributed by atoms with Gasteiger partial charge in [0.05, 0.1) is 18.9 Å². The van der Waals surface area contributed by atoms with Crippen molar-refractivity contribution in [1.29, 1.82) is 0 Å². The number of fused-ring (bicyclic) bond motifs is 1. The van der Waals surface area contributed by atoms with Gasteiger partial charge in [-0.1, -0.05) is 0 Å². The number of carbonyl (C=O) groups excluding carboxylic acids is 1. The number of hydrogen-bond acceptors (Lipinski definition) is 8. The van der Waals surface area contributed by atoms with Gasteiger partial charge in [-0.25, -0.2) is 9.42 Å². The third-order valence-corrected chi connectivity index (χ3v) is 5.53. The fourth-order valence-electron chi connectivity index (χ4n) is 4.07. The highest BCUT2D eigenvalue weighted by Gasteiger charge is 2.26. The van der Waals surface area contributed by atoms with E-state index in [1.54, 1.807) is 0 Å². The van der Waals surface area contributed by atoms with Crippen LogP contribution in [0.2, 0.25) is 0 Å². The Kier molecular flexibility index (Phi) is 5.99. The lowest BCUT2D eigenvalue weighted by atomic mass is 9.91. The van der Waals surface area contributed by atoms with Crippen molar-refractivity contribution in [3.63, 3.8) is 0 Å². The van der Waals surface area contributed by atoms with E-state index in [0.29, 0.717) is 6.04 Å². The normalized spacial score (nSPS) is 22.7. The average molecular weight is 418 g/mol. The van der Waals surface area contributed by atoms with E-state index in [1.165, 1.54) is 0 Å². The third-order valence-electron chi connectivity index (χ3n) is 5.53. The summed E-state index contributed by atoms with van der Waals surface area (Å²) in [6.45, 7) is 8.79. The maximum atomic E-state index is 12.0. The Morgan fingerprint density at radius 3 is 2.50 bits per heavy atom. The maximum Gasteiger partial charge on any atom is 0.407 e. The minimum atomic E-state index is -0.481. The molecule has 2 heterocycles. The number of carbonyl (C=O) groups is 1. The van der Waals surface area contributed by atoms with Gasteiger partial charge in [0.15, 0.2) is 5.52 Å². The van der Waals surface area contributed by atoms with Gasteiger partial charge < -0.3 is 25.0 Å². The van der Waals surface area contributed by atoms with E-state index < -0.39 is 5.60 Å². The zero-order valence-corrected chi connectivity index (χ0v) is 17.9. The predicted octanol–water partition coefficient (Wildman–Crippen LogP) is 3.31. The van der Waals surface area contributed by atoms with Crippen molar-refractivity contribution >= 4 is 28.5 Å². The van der Waals surface area contributed by atoms with Gasteiger partial charge in [0.25, 0.3) is 0 Å². The molecule has 9 heteroatoms. The van der Waals surface area contributed by atoms with Crippen molar-refractivity contribution < 1.29 is 18.9 Å². The Morgan fingerprint density at radius 2 is 1.80 bits per heavy atom. The van der Waals surface area contributed by atoms with Crippen molar-refractivity contribution in [3.05, 3.63) is 12.1 Å². The SMILES string of the molecule is CC(C)(C)OC(=O)NC1CCC(Nc2cc(N3CCOCC3)cc3nonc23)CC1. The van der Waals surface area contributed by atoms with Crippen LogP contribution in [0.4, 0.5) is 16.2 Å². The molecule has 1 amide bonds. The molecule has 1 aliphatic carbocycles. The van der Waals surface area contributed by atoms with Crippen LogP contribution in [0.5, 0.6) is 0 Å². The van der Waals surface area contributed by atoms with Crippen LogP contribution in [-0.2, 0) is 9.47 Å². The number of hydrogen-bond donors (Lipinski definition) is 2. The maximum absolute atomic E-state index is 12.0. The van der Waals surface area contributed by atoms with Gasteiger partial charge in [-0.15, -0.1) is 0 Å². The monoisotopic (exact) mass is 417 g/mol. The number of aromatic nitrogens is 2. The van der Waals surface area contributed by atoms with Crippen molar-refractivity contribution in [2.45, 2.75) is 64.1 Å². The van der Waals surface area contributed by atoms with Crippen molar-refractivity contribution in [1.82, 2.24) is 15.6 Å². The molecule has 1 aliphatic heterocycles. The number of nitrogens with one attached hydrogen (secondary N) is 2. The van der Waals surface area contributed by atoms with Gasteiger partial charge in [-0.2, -0.15) is 0 Å². The molecule has 4 rings (SSSR count).